The van der Waals surface area contributed by atoms with E-state index >= 15 is 0 Å². The molecule has 0 atom stereocenters. The number of pyridine rings is 1. The summed E-state index contributed by atoms with van der Waals surface area (Å²) in [6, 6.07) is 8.90. The number of hydrogen-bond donors (Lipinski definition) is 1. The van der Waals surface area contributed by atoms with Gasteiger partial charge in [-0.2, -0.15) is 0 Å². The Balaban J connectivity index is 1.99. The van der Waals surface area contributed by atoms with E-state index in [1.165, 1.54) is 18.9 Å². The molecule has 0 aliphatic rings. The van der Waals surface area contributed by atoms with Gasteiger partial charge >= 0.3 is 5.97 Å². The van der Waals surface area contributed by atoms with Crippen LogP contribution in [-0.4, -0.2) is 29.7 Å². The first-order chi connectivity index (χ1) is 11.0. The van der Waals surface area contributed by atoms with Gasteiger partial charge < -0.3 is 10.1 Å². The molecule has 1 aromatic carbocycles. The second kappa shape index (κ2) is 7.78. The first-order valence-corrected chi connectivity index (χ1v) is 8.02. The fraction of sp³-hybridized carbons (Fsp3) is 0.235. The van der Waals surface area contributed by atoms with E-state index in [0.29, 0.717) is 11.3 Å². The first-order valence-electron chi connectivity index (χ1n) is 7.04. The van der Waals surface area contributed by atoms with Crippen LogP contribution >= 0.6 is 11.8 Å². The molecule has 0 fully saturated rings. The number of benzene rings is 1. The zero-order valence-corrected chi connectivity index (χ0v) is 14.1. The van der Waals surface area contributed by atoms with Crippen LogP contribution in [0.1, 0.15) is 21.5 Å². The molecule has 1 heterocycles. The van der Waals surface area contributed by atoms with Crippen molar-refractivity contribution in [2.45, 2.75) is 18.9 Å². The first kappa shape index (κ1) is 17.0. The zero-order chi connectivity index (χ0) is 16.8. The molecule has 0 saturated carbocycles. The second-order valence-electron chi connectivity index (χ2n) is 5.03. The van der Waals surface area contributed by atoms with Crippen LogP contribution in [0.4, 0.5) is 5.69 Å². The predicted molar refractivity (Wildman–Crippen MR) is 90.8 cm³/mol. The number of ether oxygens (including phenoxy) is 1. The Morgan fingerprint density at radius 3 is 2.65 bits per heavy atom. The largest absolute Gasteiger partial charge is 0.465 e. The summed E-state index contributed by atoms with van der Waals surface area (Å²) in [4.78, 5) is 27.9. The monoisotopic (exact) mass is 330 g/mol. The smallest absolute Gasteiger partial charge is 0.337 e. The Bertz CT molecular complexity index is 714. The fourth-order valence-electron chi connectivity index (χ4n) is 1.87. The summed E-state index contributed by atoms with van der Waals surface area (Å²) in [6.07, 6.45) is 1.77. The van der Waals surface area contributed by atoms with Gasteiger partial charge in [0.25, 0.3) is 0 Å². The number of aryl methyl sites for hydroxylation is 2. The summed E-state index contributed by atoms with van der Waals surface area (Å²) in [6.45, 7) is 3.83. The predicted octanol–water partition coefficient (Wildman–Crippen LogP) is 3.22. The van der Waals surface area contributed by atoms with Gasteiger partial charge in [0, 0.05) is 11.9 Å². The van der Waals surface area contributed by atoms with Gasteiger partial charge in [-0.05, 0) is 43.2 Å². The number of carbonyl (C=O) groups excluding carboxylic acids is 2. The van der Waals surface area contributed by atoms with Crippen molar-refractivity contribution >= 4 is 29.3 Å². The van der Waals surface area contributed by atoms with Crippen molar-refractivity contribution < 1.29 is 14.3 Å². The molecular weight excluding hydrogens is 312 g/mol. The van der Waals surface area contributed by atoms with Gasteiger partial charge in [-0.25, -0.2) is 9.78 Å². The molecule has 120 valence electrons. The number of aromatic nitrogens is 1. The van der Waals surface area contributed by atoms with Gasteiger partial charge in [0.05, 0.1) is 23.5 Å². The lowest BCUT2D eigenvalue weighted by Crippen LogP contribution is -2.15. The number of rotatable bonds is 5. The molecule has 5 nitrogen and oxygen atoms in total. The highest BCUT2D eigenvalue weighted by molar-refractivity contribution is 7.99. The molecule has 0 radical (unpaired) electrons. The molecule has 0 saturated heterocycles. The number of hydrogen-bond acceptors (Lipinski definition) is 5. The Hall–Kier alpha value is -2.34. The minimum Gasteiger partial charge on any atom is -0.465 e. The number of esters is 1. The SMILES string of the molecule is COC(=O)c1ccc(C)c(NC(=O)CSc2ccc(C)cn2)c1. The average molecular weight is 330 g/mol. The van der Waals surface area contributed by atoms with Crippen LogP contribution in [0.2, 0.25) is 0 Å². The quantitative estimate of drug-likeness (QED) is 0.673. The third-order valence-electron chi connectivity index (χ3n) is 3.17. The van der Waals surface area contributed by atoms with Gasteiger partial charge in [-0.1, -0.05) is 23.9 Å². The third-order valence-corrected chi connectivity index (χ3v) is 4.11. The van der Waals surface area contributed by atoms with Crippen molar-refractivity contribution in [2.24, 2.45) is 0 Å². The van der Waals surface area contributed by atoms with Crippen molar-refractivity contribution in [1.29, 1.82) is 0 Å². The van der Waals surface area contributed by atoms with Gasteiger partial charge in [-0.15, -0.1) is 0 Å². The van der Waals surface area contributed by atoms with Gasteiger partial charge in [0.1, 0.15) is 0 Å². The number of amides is 1. The molecule has 2 rings (SSSR count). The molecule has 2 aromatic rings. The number of nitrogens with zero attached hydrogens (tertiary/aromatic N) is 1. The van der Waals surface area contributed by atoms with E-state index < -0.39 is 5.97 Å². The maximum atomic E-state index is 12.1. The highest BCUT2D eigenvalue weighted by Crippen LogP contribution is 2.19. The van der Waals surface area contributed by atoms with Gasteiger partial charge in [0.15, 0.2) is 0 Å². The number of methoxy groups -OCH3 is 1. The Morgan fingerprint density at radius 1 is 1.22 bits per heavy atom. The van der Waals surface area contributed by atoms with Crippen LogP contribution in [0.3, 0.4) is 0 Å². The van der Waals surface area contributed by atoms with E-state index in [1.807, 2.05) is 26.0 Å². The summed E-state index contributed by atoms with van der Waals surface area (Å²) in [7, 11) is 1.33. The number of nitrogens with one attached hydrogen (secondary N) is 1. The van der Waals surface area contributed by atoms with Crippen LogP contribution in [-0.2, 0) is 9.53 Å². The van der Waals surface area contributed by atoms with Crippen molar-refractivity contribution in [3.8, 4) is 0 Å². The van der Waals surface area contributed by atoms with Crippen LogP contribution < -0.4 is 5.32 Å². The molecule has 0 aliphatic carbocycles. The van der Waals surface area contributed by atoms with Gasteiger partial charge in [0.2, 0.25) is 5.91 Å². The summed E-state index contributed by atoms with van der Waals surface area (Å²) in [5.41, 5.74) is 2.97. The lowest BCUT2D eigenvalue weighted by Gasteiger charge is -2.10. The molecule has 23 heavy (non-hydrogen) atoms. The number of thioether (sulfide) groups is 1. The van der Waals surface area contributed by atoms with E-state index in [2.05, 4.69) is 15.0 Å². The van der Waals surface area contributed by atoms with Crippen LogP contribution in [0, 0.1) is 13.8 Å². The molecule has 0 aliphatic heterocycles. The summed E-state index contributed by atoms with van der Waals surface area (Å²) < 4.78 is 4.69. The van der Waals surface area contributed by atoms with Crippen LogP contribution in [0.5, 0.6) is 0 Å². The minimum absolute atomic E-state index is 0.150. The second-order valence-corrected chi connectivity index (χ2v) is 6.03. The highest BCUT2D eigenvalue weighted by Gasteiger charge is 2.11. The van der Waals surface area contributed by atoms with Crippen molar-refractivity contribution in [3.63, 3.8) is 0 Å². The molecule has 0 bridgehead atoms. The molecule has 6 heteroatoms. The Morgan fingerprint density at radius 2 is 2.00 bits per heavy atom. The molecule has 1 amide bonds. The van der Waals surface area contributed by atoms with Crippen molar-refractivity contribution in [1.82, 2.24) is 4.98 Å². The lowest BCUT2D eigenvalue weighted by molar-refractivity contribution is -0.113. The van der Waals surface area contributed by atoms with E-state index in [0.717, 1.165) is 16.2 Å². The highest BCUT2D eigenvalue weighted by atomic mass is 32.2. The lowest BCUT2D eigenvalue weighted by atomic mass is 10.1. The van der Waals surface area contributed by atoms with E-state index in [-0.39, 0.29) is 11.7 Å². The molecule has 0 unspecified atom stereocenters. The zero-order valence-electron chi connectivity index (χ0n) is 13.3. The maximum Gasteiger partial charge on any atom is 0.337 e. The standard InChI is InChI=1S/C17H18N2O3S/c1-11-4-7-16(18-9-11)23-10-15(20)19-14-8-13(17(21)22-3)6-5-12(14)2/h4-9H,10H2,1-3H3,(H,19,20). The molecule has 1 N–H and O–H groups in total. The minimum atomic E-state index is -0.432. The molecular formula is C17H18N2O3S. The molecule has 1 aromatic heterocycles. The third kappa shape index (κ3) is 4.82. The van der Waals surface area contributed by atoms with Gasteiger partial charge in [-0.3, -0.25) is 4.79 Å². The number of carbonyl (C=O) groups is 2. The van der Waals surface area contributed by atoms with Crippen LogP contribution in [0.25, 0.3) is 0 Å². The molecule has 0 spiro atoms. The van der Waals surface area contributed by atoms with E-state index in [1.54, 1.807) is 24.4 Å². The Labute approximate surface area is 139 Å². The van der Waals surface area contributed by atoms with Crippen molar-refractivity contribution in [3.05, 3.63) is 53.2 Å². The van der Waals surface area contributed by atoms with E-state index in [4.69, 9.17) is 0 Å². The summed E-state index contributed by atoms with van der Waals surface area (Å²) >= 11 is 1.36. The van der Waals surface area contributed by atoms with Crippen molar-refractivity contribution in [2.75, 3.05) is 18.2 Å². The topological polar surface area (TPSA) is 68.3 Å². The normalized spacial score (nSPS) is 10.2. The maximum absolute atomic E-state index is 12.1. The Kier molecular flexibility index (Phi) is 5.76. The summed E-state index contributed by atoms with van der Waals surface area (Å²) in [5, 5.41) is 3.61. The fourth-order valence-corrected chi connectivity index (χ4v) is 2.51. The average Bonchev–Trinajstić information content (AvgIpc) is 2.55. The number of anilines is 1. The summed E-state index contributed by atoms with van der Waals surface area (Å²) in [5.74, 6) is -0.334. The van der Waals surface area contributed by atoms with Crippen LogP contribution in [0.15, 0.2) is 41.6 Å². The van der Waals surface area contributed by atoms with E-state index in [9.17, 15) is 9.59 Å².